The van der Waals surface area contributed by atoms with E-state index in [4.69, 9.17) is 5.73 Å². The van der Waals surface area contributed by atoms with E-state index in [0.717, 1.165) is 19.5 Å². The highest BCUT2D eigenvalue weighted by atomic mass is 14.8. The molecule has 19 heavy (non-hydrogen) atoms. The Bertz CT molecular complexity index is 442. The van der Waals surface area contributed by atoms with Gasteiger partial charge in [0, 0.05) is 12.6 Å². The normalized spacial score (nSPS) is 13.8. The fourth-order valence-corrected chi connectivity index (χ4v) is 1.64. The summed E-state index contributed by atoms with van der Waals surface area (Å²) in [6.45, 7) is 6.39. The second kappa shape index (κ2) is 9.11. The van der Waals surface area contributed by atoms with E-state index in [1.807, 2.05) is 24.3 Å². The minimum absolute atomic E-state index is 0.659. The van der Waals surface area contributed by atoms with Gasteiger partial charge in [0.2, 0.25) is 0 Å². The van der Waals surface area contributed by atoms with Crippen molar-refractivity contribution in [2.24, 2.45) is 10.7 Å². The van der Waals surface area contributed by atoms with Crippen molar-refractivity contribution in [3.8, 4) is 0 Å². The lowest BCUT2D eigenvalue weighted by Crippen LogP contribution is -2.09. The molecule has 0 saturated heterocycles. The molecule has 0 saturated carbocycles. The first-order valence-corrected chi connectivity index (χ1v) is 6.72. The molecule has 3 N–H and O–H groups in total. The predicted octanol–water partition coefficient (Wildman–Crippen LogP) is 2.96. The van der Waals surface area contributed by atoms with Crippen molar-refractivity contribution in [2.75, 3.05) is 13.1 Å². The van der Waals surface area contributed by atoms with Gasteiger partial charge in [-0.25, -0.2) is 4.99 Å². The molecule has 2 rings (SSSR count). The average molecular weight is 257 g/mol. The van der Waals surface area contributed by atoms with Crippen LogP contribution in [0.25, 0.3) is 5.57 Å². The zero-order valence-electron chi connectivity index (χ0n) is 11.8. The van der Waals surface area contributed by atoms with Crippen molar-refractivity contribution < 1.29 is 0 Å². The molecule has 0 bridgehead atoms. The zero-order valence-corrected chi connectivity index (χ0v) is 11.8. The van der Waals surface area contributed by atoms with Crippen LogP contribution in [0.2, 0.25) is 0 Å². The summed E-state index contributed by atoms with van der Waals surface area (Å²) in [5, 5.41) is 3.11. The highest BCUT2D eigenvalue weighted by Gasteiger charge is 1.99. The first kappa shape index (κ1) is 15.2. The third-order valence-corrected chi connectivity index (χ3v) is 2.63. The van der Waals surface area contributed by atoms with Gasteiger partial charge in [-0.05, 0) is 30.3 Å². The topological polar surface area (TPSA) is 50.4 Å². The highest BCUT2D eigenvalue weighted by molar-refractivity contribution is 5.87. The van der Waals surface area contributed by atoms with Crippen molar-refractivity contribution >= 4 is 11.4 Å². The molecule has 1 aromatic rings. The standard InChI is InChI=1S/C12H12N2.C4H11N/c13-12-7-6-11(8-9-14-12)10-4-2-1-3-5-10;1-3-5-4-2/h1-6,8-9H,7H2,(H2,13,14);5H,3-4H2,1-2H3. The summed E-state index contributed by atoms with van der Waals surface area (Å²) >= 11 is 0. The third kappa shape index (κ3) is 6.02. The molecule has 0 fully saturated rings. The van der Waals surface area contributed by atoms with Crippen LogP contribution >= 0.6 is 0 Å². The van der Waals surface area contributed by atoms with Crippen LogP contribution in [0.3, 0.4) is 0 Å². The van der Waals surface area contributed by atoms with Crippen LogP contribution in [0, 0.1) is 0 Å². The van der Waals surface area contributed by atoms with E-state index < -0.39 is 0 Å². The van der Waals surface area contributed by atoms with Gasteiger partial charge in [0.15, 0.2) is 0 Å². The number of hydrogen-bond acceptors (Lipinski definition) is 3. The van der Waals surface area contributed by atoms with Gasteiger partial charge in [0.05, 0.1) is 0 Å². The molecule has 3 heteroatoms. The zero-order chi connectivity index (χ0) is 13.9. The molecule has 0 aliphatic carbocycles. The van der Waals surface area contributed by atoms with E-state index in [1.165, 1.54) is 11.1 Å². The van der Waals surface area contributed by atoms with Crippen molar-refractivity contribution in [2.45, 2.75) is 20.3 Å². The summed E-state index contributed by atoms with van der Waals surface area (Å²) in [6.07, 6.45) is 6.55. The minimum Gasteiger partial charge on any atom is -0.387 e. The summed E-state index contributed by atoms with van der Waals surface area (Å²) in [5.74, 6) is 0.659. The van der Waals surface area contributed by atoms with Crippen molar-refractivity contribution in [1.29, 1.82) is 0 Å². The number of amidine groups is 1. The molecule has 1 aromatic carbocycles. The Balaban J connectivity index is 0.000000312. The lowest BCUT2D eigenvalue weighted by atomic mass is 10.1. The molecule has 0 atom stereocenters. The number of nitrogens with two attached hydrogens (primary N) is 1. The van der Waals surface area contributed by atoms with Crippen LogP contribution in [0.15, 0.2) is 53.7 Å². The van der Waals surface area contributed by atoms with Crippen molar-refractivity contribution in [1.82, 2.24) is 5.32 Å². The maximum Gasteiger partial charge on any atom is 0.103 e. The summed E-state index contributed by atoms with van der Waals surface area (Å²) in [4.78, 5) is 4.06. The number of rotatable bonds is 3. The molecular weight excluding hydrogens is 234 g/mol. The number of nitrogens with one attached hydrogen (secondary N) is 1. The van der Waals surface area contributed by atoms with Gasteiger partial charge in [-0.1, -0.05) is 50.3 Å². The molecule has 1 heterocycles. The summed E-state index contributed by atoms with van der Waals surface area (Å²) in [7, 11) is 0. The smallest absolute Gasteiger partial charge is 0.103 e. The van der Waals surface area contributed by atoms with Gasteiger partial charge in [-0.2, -0.15) is 0 Å². The van der Waals surface area contributed by atoms with E-state index in [1.54, 1.807) is 6.20 Å². The van der Waals surface area contributed by atoms with E-state index in [2.05, 4.69) is 42.4 Å². The van der Waals surface area contributed by atoms with Crippen molar-refractivity contribution in [3.63, 3.8) is 0 Å². The number of hydrogen-bond donors (Lipinski definition) is 2. The van der Waals surface area contributed by atoms with E-state index in [-0.39, 0.29) is 0 Å². The fraction of sp³-hybridized carbons (Fsp3) is 0.312. The van der Waals surface area contributed by atoms with Gasteiger partial charge in [-0.15, -0.1) is 0 Å². The average Bonchev–Trinajstić information content (AvgIpc) is 2.66. The molecule has 1 aliphatic heterocycles. The maximum absolute atomic E-state index is 5.63. The molecule has 102 valence electrons. The van der Waals surface area contributed by atoms with Crippen LogP contribution in [-0.2, 0) is 0 Å². The Morgan fingerprint density at radius 2 is 1.84 bits per heavy atom. The Labute approximate surface area is 115 Å². The van der Waals surface area contributed by atoms with Gasteiger partial charge in [0.1, 0.15) is 5.84 Å². The molecule has 0 unspecified atom stereocenters. The number of aliphatic imine (C=N–C) groups is 1. The fourth-order valence-electron chi connectivity index (χ4n) is 1.64. The first-order chi connectivity index (χ1) is 9.27. The molecule has 0 spiro atoms. The molecule has 1 aliphatic rings. The molecular formula is C16H23N3. The van der Waals surface area contributed by atoms with Gasteiger partial charge < -0.3 is 11.1 Å². The first-order valence-electron chi connectivity index (χ1n) is 6.72. The van der Waals surface area contributed by atoms with Crippen LogP contribution in [-0.4, -0.2) is 18.9 Å². The highest BCUT2D eigenvalue weighted by Crippen LogP contribution is 2.17. The largest absolute Gasteiger partial charge is 0.387 e. The Morgan fingerprint density at radius 3 is 2.42 bits per heavy atom. The number of benzene rings is 1. The Morgan fingerprint density at radius 1 is 1.16 bits per heavy atom. The van der Waals surface area contributed by atoms with Crippen LogP contribution in [0.4, 0.5) is 0 Å². The van der Waals surface area contributed by atoms with Crippen LogP contribution in [0.5, 0.6) is 0 Å². The molecule has 0 amide bonds. The second-order valence-electron chi connectivity index (χ2n) is 4.12. The predicted molar refractivity (Wildman–Crippen MR) is 84.0 cm³/mol. The maximum atomic E-state index is 5.63. The summed E-state index contributed by atoms with van der Waals surface area (Å²) in [5.41, 5.74) is 8.01. The lowest BCUT2D eigenvalue weighted by molar-refractivity contribution is 0.762. The second-order valence-corrected chi connectivity index (χ2v) is 4.12. The van der Waals surface area contributed by atoms with Gasteiger partial charge in [-0.3, -0.25) is 0 Å². The SMILES string of the molecule is CCNCC.NC1=NC=CC(c2ccccc2)=CC1. The summed E-state index contributed by atoms with van der Waals surface area (Å²) in [6, 6.07) is 10.2. The minimum atomic E-state index is 0.659. The molecule has 0 aromatic heterocycles. The number of allylic oxidation sites excluding steroid dienone is 2. The van der Waals surface area contributed by atoms with E-state index in [0.29, 0.717) is 5.84 Å². The lowest BCUT2D eigenvalue weighted by Gasteiger charge is -2.00. The van der Waals surface area contributed by atoms with Crippen LogP contribution in [0.1, 0.15) is 25.8 Å². The van der Waals surface area contributed by atoms with Crippen molar-refractivity contribution in [3.05, 3.63) is 54.2 Å². The summed E-state index contributed by atoms with van der Waals surface area (Å²) < 4.78 is 0. The molecule has 0 radical (unpaired) electrons. The quantitative estimate of drug-likeness (QED) is 0.874. The Kier molecular flexibility index (Phi) is 7.28. The van der Waals surface area contributed by atoms with E-state index in [9.17, 15) is 0 Å². The third-order valence-electron chi connectivity index (χ3n) is 2.63. The van der Waals surface area contributed by atoms with E-state index >= 15 is 0 Å². The molecule has 3 nitrogen and oxygen atoms in total. The van der Waals surface area contributed by atoms with Crippen LogP contribution < -0.4 is 11.1 Å². The Hall–Kier alpha value is -1.87. The van der Waals surface area contributed by atoms with Gasteiger partial charge in [0.25, 0.3) is 0 Å². The number of nitrogens with zero attached hydrogens (tertiary/aromatic N) is 1. The van der Waals surface area contributed by atoms with Gasteiger partial charge >= 0.3 is 0 Å². The monoisotopic (exact) mass is 257 g/mol.